The smallest absolute Gasteiger partial charge is 0.325 e. The Labute approximate surface area is 161 Å². The van der Waals surface area contributed by atoms with Crippen LogP contribution in [-0.2, 0) is 16.1 Å². The number of ether oxygens (including phenoxy) is 2. The zero-order valence-electron chi connectivity index (χ0n) is 15.2. The molecular weight excluding hydrogens is 364 g/mol. The number of aromatic nitrogens is 2. The number of thioether (sulfide) groups is 1. The van der Waals surface area contributed by atoms with Crippen molar-refractivity contribution in [2.45, 2.75) is 18.6 Å². The fourth-order valence-corrected chi connectivity index (χ4v) is 3.41. The van der Waals surface area contributed by atoms with Crippen molar-refractivity contribution < 1.29 is 14.3 Å². The Balaban J connectivity index is 1.79. The molecule has 0 spiro atoms. The molecule has 0 N–H and O–H groups in total. The molecule has 0 amide bonds. The molecule has 2 aromatic carbocycles. The van der Waals surface area contributed by atoms with E-state index >= 15 is 0 Å². The topological polar surface area (TPSA) is 70.4 Å². The Morgan fingerprint density at radius 1 is 1.15 bits per heavy atom. The molecule has 140 valence electrons. The third kappa shape index (κ3) is 4.49. The minimum Gasteiger partial charge on any atom is -0.492 e. The van der Waals surface area contributed by atoms with Crippen LogP contribution in [0.15, 0.2) is 58.5 Å². The Kier molecular flexibility index (Phi) is 6.13. The van der Waals surface area contributed by atoms with Crippen LogP contribution in [0, 0.1) is 6.92 Å². The number of aryl methyl sites for hydroxylation is 1. The van der Waals surface area contributed by atoms with E-state index in [1.165, 1.54) is 23.4 Å². The number of hydrogen-bond acceptors (Lipinski definition) is 6. The van der Waals surface area contributed by atoms with E-state index in [1.807, 2.05) is 37.3 Å². The van der Waals surface area contributed by atoms with Crippen molar-refractivity contribution in [1.29, 1.82) is 0 Å². The van der Waals surface area contributed by atoms with Gasteiger partial charge in [0.1, 0.15) is 12.3 Å². The summed E-state index contributed by atoms with van der Waals surface area (Å²) >= 11 is 1.37. The molecule has 0 aliphatic heterocycles. The molecule has 0 aliphatic carbocycles. The average molecular weight is 384 g/mol. The highest BCUT2D eigenvalue weighted by Gasteiger charge is 2.14. The lowest BCUT2D eigenvalue weighted by molar-refractivity contribution is -0.141. The van der Waals surface area contributed by atoms with Gasteiger partial charge in [-0.3, -0.25) is 14.2 Å². The van der Waals surface area contributed by atoms with Crippen LogP contribution in [0.5, 0.6) is 5.75 Å². The molecule has 0 atom stereocenters. The van der Waals surface area contributed by atoms with E-state index in [4.69, 9.17) is 9.47 Å². The Morgan fingerprint density at radius 3 is 2.67 bits per heavy atom. The summed E-state index contributed by atoms with van der Waals surface area (Å²) in [6.07, 6.45) is 0. The monoisotopic (exact) mass is 384 g/mol. The van der Waals surface area contributed by atoms with Crippen LogP contribution < -0.4 is 10.3 Å². The number of fused-ring (bicyclic) bond motifs is 1. The first-order chi connectivity index (χ1) is 13.1. The van der Waals surface area contributed by atoms with E-state index in [1.54, 1.807) is 18.2 Å². The van der Waals surface area contributed by atoms with Crippen molar-refractivity contribution in [2.75, 3.05) is 19.5 Å². The molecule has 6 nitrogen and oxygen atoms in total. The summed E-state index contributed by atoms with van der Waals surface area (Å²) in [5, 5.41) is 0.944. The van der Waals surface area contributed by atoms with Crippen molar-refractivity contribution in [1.82, 2.24) is 9.55 Å². The minimum absolute atomic E-state index is 0.172. The number of nitrogens with zero attached hydrogens (tertiary/aromatic N) is 2. The Hall–Kier alpha value is -2.80. The molecule has 3 aromatic rings. The van der Waals surface area contributed by atoms with Crippen LogP contribution in [0.3, 0.4) is 0 Å². The lowest BCUT2D eigenvalue weighted by atomic mass is 10.2. The van der Waals surface area contributed by atoms with Gasteiger partial charge in [-0.1, -0.05) is 42.1 Å². The van der Waals surface area contributed by atoms with Crippen molar-refractivity contribution in [3.63, 3.8) is 0 Å². The zero-order valence-corrected chi connectivity index (χ0v) is 16.0. The largest absolute Gasteiger partial charge is 0.492 e. The average Bonchev–Trinajstić information content (AvgIpc) is 2.69. The summed E-state index contributed by atoms with van der Waals surface area (Å²) in [6, 6.07) is 14.9. The molecule has 0 radical (unpaired) electrons. The summed E-state index contributed by atoms with van der Waals surface area (Å²) in [6.45, 7) is 2.27. The highest BCUT2D eigenvalue weighted by molar-refractivity contribution is 7.99. The molecule has 0 aliphatic rings. The molecule has 0 bridgehead atoms. The van der Waals surface area contributed by atoms with Gasteiger partial charge in [-0.15, -0.1) is 0 Å². The molecular formula is C20H20N2O4S. The first-order valence-electron chi connectivity index (χ1n) is 8.48. The first-order valence-corrected chi connectivity index (χ1v) is 9.46. The summed E-state index contributed by atoms with van der Waals surface area (Å²) in [5.41, 5.74) is 1.41. The van der Waals surface area contributed by atoms with E-state index in [9.17, 15) is 9.59 Å². The van der Waals surface area contributed by atoms with Crippen molar-refractivity contribution in [2.24, 2.45) is 0 Å². The quantitative estimate of drug-likeness (QED) is 0.270. The van der Waals surface area contributed by atoms with E-state index in [2.05, 4.69) is 4.98 Å². The maximum atomic E-state index is 12.8. The van der Waals surface area contributed by atoms with Crippen LogP contribution >= 0.6 is 11.8 Å². The van der Waals surface area contributed by atoms with E-state index < -0.39 is 5.97 Å². The SMILES string of the molecule is COC(=O)Cn1c(SCCOc2ccccc2C)nc2ccccc2c1=O. The van der Waals surface area contributed by atoms with Crippen molar-refractivity contribution in [3.8, 4) is 5.75 Å². The van der Waals surface area contributed by atoms with Crippen LogP contribution in [0.25, 0.3) is 10.9 Å². The lowest BCUT2D eigenvalue weighted by Gasteiger charge is -2.13. The number of carbonyl (C=O) groups is 1. The predicted octanol–water partition coefficient (Wildman–Crippen LogP) is 3.05. The second-order valence-electron chi connectivity index (χ2n) is 5.84. The molecule has 0 saturated heterocycles. The highest BCUT2D eigenvalue weighted by atomic mass is 32.2. The molecule has 0 saturated carbocycles. The summed E-state index contributed by atoms with van der Waals surface area (Å²) in [5.74, 6) is 0.920. The van der Waals surface area contributed by atoms with E-state index in [0.717, 1.165) is 11.3 Å². The van der Waals surface area contributed by atoms with Gasteiger partial charge >= 0.3 is 5.97 Å². The molecule has 1 heterocycles. The lowest BCUT2D eigenvalue weighted by Crippen LogP contribution is -2.27. The third-order valence-electron chi connectivity index (χ3n) is 4.01. The van der Waals surface area contributed by atoms with Gasteiger partial charge in [-0.2, -0.15) is 0 Å². The molecule has 3 rings (SSSR count). The molecule has 27 heavy (non-hydrogen) atoms. The van der Waals surface area contributed by atoms with Crippen LogP contribution in [0.4, 0.5) is 0 Å². The van der Waals surface area contributed by atoms with E-state index in [0.29, 0.717) is 28.4 Å². The number of methoxy groups -OCH3 is 1. The Bertz CT molecular complexity index is 1020. The van der Waals surface area contributed by atoms with Gasteiger partial charge < -0.3 is 9.47 Å². The maximum absolute atomic E-state index is 12.8. The van der Waals surface area contributed by atoms with Gasteiger partial charge in [0.2, 0.25) is 0 Å². The predicted molar refractivity (Wildman–Crippen MR) is 105 cm³/mol. The second kappa shape index (κ2) is 8.73. The number of hydrogen-bond donors (Lipinski definition) is 0. The molecule has 0 fully saturated rings. The number of para-hydroxylation sites is 2. The van der Waals surface area contributed by atoms with Crippen LogP contribution in [-0.4, -0.2) is 35.0 Å². The van der Waals surface area contributed by atoms with Gasteiger partial charge in [0.05, 0.1) is 24.6 Å². The fraction of sp³-hybridized carbons (Fsp3) is 0.250. The van der Waals surface area contributed by atoms with Gasteiger partial charge in [-0.25, -0.2) is 4.98 Å². The standard InChI is InChI=1S/C20H20N2O4S/c1-14-7-3-6-10-17(14)26-11-12-27-20-21-16-9-5-4-8-15(16)19(24)22(20)13-18(23)25-2/h3-10H,11-13H2,1-2H3. The molecule has 0 unspecified atom stereocenters. The minimum atomic E-state index is -0.493. The normalized spacial score (nSPS) is 10.7. The number of carbonyl (C=O) groups excluding carboxylic acids is 1. The van der Waals surface area contributed by atoms with Gasteiger partial charge in [0.25, 0.3) is 5.56 Å². The molecule has 1 aromatic heterocycles. The van der Waals surface area contributed by atoms with Gasteiger partial charge in [0.15, 0.2) is 5.16 Å². The van der Waals surface area contributed by atoms with Crippen molar-refractivity contribution >= 4 is 28.6 Å². The highest BCUT2D eigenvalue weighted by Crippen LogP contribution is 2.20. The van der Waals surface area contributed by atoms with E-state index in [-0.39, 0.29) is 12.1 Å². The summed E-state index contributed by atoms with van der Waals surface area (Å²) in [4.78, 5) is 29.0. The first kappa shape index (κ1) is 19.0. The maximum Gasteiger partial charge on any atom is 0.325 e. The van der Waals surface area contributed by atoms with Gasteiger partial charge in [-0.05, 0) is 30.7 Å². The van der Waals surface area contributed by atoms with Gasteiger partial charge in [0, 0.05) is 5.75 Å². The van der Waals surface area contributed by atoms with Crippen LogP contribution in [0.1, 0.15) is 5.56 Å². The number of benzene rings is 2. The zero-order chi connectivity index (χ0) is 19.2. The van der Waals surface area contributed by atoms with Crippen molar-refractivity contribution in [3.05, 3.63) is 64.4 Å². The molecule has 7 heteroatoms. The number of esters is 1. The van der Waals surface area contributed by atoms with Crippen LogP contribution in [0.2, 0.25) is 0 Å². The number of rotatable bonds is 7. The second-order valence-corrected chi connectivity index (χ2v) is 6.90. The fourth-order valence-electron chi connectivity index (χ4n) is 2.59. The summed E-state index contributed by atoms with van der Waals surface area (Å²) in [7, 11) is 1.30. The summed E-state index contributed by atoms with van der Waals surface area (Å²) < 4.78 is 11.9. The Morgan fingerprint density at radius 2 is 1.89 bits per heavy atom. The third-order valence-corrected chi connectivity index (χ3v) is 4.95.